The van der Waals surface area contributed by atoms with Crippen molar-refractivity contribution in [2.45, 2.75) is 51.1 Å². The lowest BCUT2D eigenvalue weighted by atomic mass is 9.78. The first-order valence-corrected chi connectivity index (χ1v) is 7.21. The Bertz CT molecular complexity index is 388. The zero-order valence-electron chi connectivity index (χ0n) is 10.9. The van der Waals surface area contributed by atoms with Crippen LogP contribution in [-0.4, -0.2) is 27.6 Å². The molecule has 2 unspecified atom stereocenters. The maximum absolute atomic E-state index is 9.27. The van der Waals surface area contributed by atoms with E-state index in [1.807, 2.05) is 6.07 Å². The summed E-state index contributed by atoms with van der Waals surface area (Å²) >= 11 is 0. The Labute approximate surface area is 109 Å². The molecule has 0 spiro atoms. The van der Waals surface area contributed by atoms with E-state index in [0.29, 0.717) is 0 Å². The highest BCUT2D eigenvalue weighted by Crippen LogP contribution is 2.35. The molecule has 1 saturated heterocycles. The van der Waals surface area contributed by atoms with Crippen LogP contribution in [0.15, 0.2) is 18.3 Å². The van der Waals surface area contributed by atoms with Gasteiger partial charge in [-0.3, -0.25) is 9.88 Å². The van der Waals surface area contributed by atoms with Crippen LogP contribution in [0.3, 0.4) is 0 Å². The van der Waals surface area contributed by atoms with Crippen LogP contribution in [0.4, 0.5) is 0 Å². The third-order valence-corrected chi connectivity index (χ3v) is 4.53. The molecule has 1 aromatic heterocycles. The van der Waals surface area contributed by atoms with Crippen LogP contribution in [0, 0.1) is 5.92 Å². The summed E-state index contributed by atoms with van der Waals surface area (Å²) in [6.45, 7) is 2.16. The normalized spacial score (nSPS) is 28.9. The Kier molecular flexibility index (Phi) is 3.50. The molecule has 98 valence electrons. The molecule has 1 aromatic rings. The first-order valence-electron chi connectivity index (χ1n) is 7.21. The number of aromatic nitrogens is 1. The summed E-state index contributed by atoms with van der Waals surface area (Å²) in [6.07, 6.45) is 9.90. The van der Waals surface area contributed by atoms with Crippen LogP contribution in [0.5, 0.6) is 5.75 Å². The molecule has 2 atom stereocenters. The van der Waals surface area contributed by atoms with Gasteiger partial charge in [0.1, 0.15) is 5.75 Å². The third-order valence-electron chi connectivity index (χ3n) is 4.53. The maximum Gasteiger partial charge on any atom is 0.133 e. The fourth-order valence-electron chi connectivity index (χ4n) is 3.64. The van der Waals surface area contributed by atoms with E-state index < -0.39 is 0 Å². The molecule has 0 amide bonds. The third kappa shape index (κ3) is 2.51. The molecular weight excluding hydrogens is 224 g/mol. The van der Waals surface area contributed by atoms with Crippen LogP contribution >= 0.6 is 0 Å². The highest BCUT2D eigenvalue weighted by atomic mass is 16.3. The fourth-order valence-corrected chi connectivity index (χ4v) is 3.64. The van der Waals surface area contributed by atoms with Gasteiger partial charge < -0.3 is 5.11 Å². The summed E-state index contributed by atoms with van der Waals surface area (Å²) in [5.41, 5.74) is 1.08. The minimum absolute atomic E-state index is 0.257. The van der Waals surface area contributed by atoms with Gasteiger partial charge in [0.15, 0.2) is 0 Å². The molecule has 1 aliphatic carbocycles. The number of hydrogen-bond acceptors (Lipinski definition) is 3. The minimum atomic E-state index is 0.257. The molecule has 3 nitrogen and oxygen atoms in total. The average Bonchev–Trinajstić information content (AvgIpc) is 2.42. The second-order valence-electron chi connectivity index (χ2n) is 5.73. The van der Waals surface area contributed by atoms with Gasteiger partial charge in [0.2, 0.25) is 0 Å². The molecule has 3 heteroatoms. The second kappa shape index (κ2) is 5.27. The van der Waals surface area contributed by atoms with Crippen LogP contribution < -0.4 is 0 Å². The van der Waals surface area contributed by atoms with E-state index in [1.165, 1.54) is 45.1 Å². The molecule has 1 N–H and O–H groups in total. The van der Waals surface area contributed by atoms with E-state index in [-0.39, 0.29) is 5.75 Å². The monoisotopic (exact) mass is 246 g/mol. The van der Waals surface area contributed by atoms with Crippen molar-refractivity contribution in [3.8, 4) is 5.75 Å². The van der Waals surface area contributed by atoms with Gasteiger partial charge in [-0.05, 0) is 50.3 Å². The van der Waals surface area contributed by atoms with Gasteiger partial charge in [0.25, 0.3) is 0 Å². The van der Waals surface area contributed by atoms with Crippen molar-refractivity contribution in [3.63, 3.8) is 0 Å². The number of fused-ring (bicyclic) bond motifs is 1. The summed E-state index contributed by atoms with van der Waals surface area (Å²) < 4.78 is 0. The van der Waals surface area contributed by atoms with Crippen molar-refractivity contribution >= 4 is 0 Å². The predicted molar refractivity (Wildman–Crippen MR) is 71.3 cm³/mol. The lowest BCUT2D eigenvalue weighted by Crippen LogP contribution is -2.46. The van der Waals surface area contributed by atoms with E-state index in [2.05, 4.69) is 9.88 Å². The Morgan fingerprint density at radius 3 is 2.83 bits per heavy atom. The lowest BCUT2D eigenvalue weighted by Gasteiger charge is -2.44. The predicted octanol–water partition coefficient (Wildman–Crippen LogP) is 2.94. The molecule has 1 aliphatic heterocycles. The summed E-state index contributed by atoms with van der Waals surface area (Å²) in [6, 6.07) is 4.47. The zero-order chi connectivity index (χ0) is 12.4. The van der Waals surface area contributed by atoms with E-state index >= 15 is 0 Å². The van der Waals surface area contributed by atoms with Crippen molar-refractivity contribution in [2.75, 3.05) is 6.54 Å². The largest absolute Gasteiger partial charge is 0.506 e. The quantitative estimate of drug-likeness (QED) is 0.871. The van der Waals surface area contributed by atoms with Crippen molar-refractivity contribution in [1.29, 1.82) is 0 Å². The van der Waals surface area contributed by atoms with Gasteiger partial charge in [-0.1, -0.05) is 12.8 Å². The molecule has 0 aromatic carbocycles. The SMILES string of the molecule is Oc1ccc(CN2CCCC3CCCCC32)nc1. The van der Waals surface area contributed by atoms with Crippen molar-refractivity contribution in [1.82, 2.24) is 9.88 Å². The number of aromatic hydroxyl groups is 1. The van der Waals surface area contributed by atoms with E-state index in [9.17, 15) is 5.11 Å². The molecule has 3 rings (SSSR count). The molecule has 2 fully saturated rings. The molecule has 1 saturated carbocycles. The highest BCUT2D eigenvalue weighted by molar-refractivity contribution is 5.18. The molecule has 0 bridgehead atoms. The van der Waals surface area contributed by atoms with E-state index in [4.69, 9.17) is 0 Å². The number of pyridine rings is 1. The number of nitrogens with zero attached hydrogens (tertiary/aromatic N) is 2. The summed E-state index contributed by atoms with van der Waals surface area (Å²) in [4.78, 5) is 6.94. The molecular formula is C15H22N2O. The van der Waals surface area contributed by atoms with Gasteiger partial charge in [-0.25, -0.2) is 0 Å². The van der Waals surface area contributed by atoms with Gasteiger partial charge in [-0.2, -0.15) is 0 Å². The standard InChI is InChI=1S/C15H22N2O/c18-14-8-7-13(16-10-14)11-17-9-3-5-12-4-1-2-6-15(12)17/h7-8,10,12,15,18H,1-6,9,11H2. The molecule has 2 heterocycles. The van der Waals surface area contributed by atoms with Gasteiger partial charge in [0.05, 0.1) is 11.9 Å². The van der Waals surface area contributed by atoms with Gasteiger partial charge >= 0.3 is 0 Å². The minimum Gasteiger partial charge on any atom is -0.506 e. The first kappa shape index (κ1) is 12.0. The van der Waals surface area contributed by atoms with Crippen molar-refractivity contribution in [3.05, 3.63) is 24.0 Å². The Morgan fingerprint density at radius 2 is 2.00 bits per heavy atom. The van der Waals surface area contributed by atoms with Crippen molar-refractivity contribution in [2.24, 2.45) is 5.92 Å². The Hall–Kier alpha value is -1.09. The van der Waals surface area contributed by atoms with Crippen molar-refractivity contribution < 1.29 is 5.11 Å². The Morgan fingerprint density at radius 1 is 1.17 bits per heavy atom. The number of rotatable bonds is 2. The Balaban J connectivity index is 1.69. The van der Waals surface area contributed by atoms with E-state index in [1.54, 1.807) is 12.3 Å². The number of likely N-dealkylation sites (tertiary alicyclic amines) is 1. The van der Waals surface area contributed by atoms with Crippen LogP contribution in [-0.2, 0) is 6.54 Å². The number of hydrogen-bond donors (Lipinski definition) is 1. The first-order chi connectivity index (χ1) is 8.83. The molecule has 18 heavy (non-hydrogen) atoms. The topological polar surface area (TPSA) is 36.4 Å². The van der Waals surface area contributed by atoms with E-state index in [0.717, 1.165) is 24.2 Å². The summed E-state index contributed by atoms with van der Waals surface area (Å²) in [7, 11) is 0. The van der Waals surface area contributed by atoms with Gasteiger partial charge in [-0.15, -0.1) is 0 Å². The summed E-state index contributed by atoms with van der Waals surface area (Å²) in [5, 5.41) is 9.27. The smallest absolute Gasteiger partial charge is 0.133 e. The van der Waals surface area contributed by atoms with Gasteiger partial charge in [0, 0.05) is 12.6 Å². The van der Waals surface area contributed by atoms with Crippen LogP contribution in [0.25, 0.3) is 0 Å². The second-order valence-corrected chi connectivity index (χ2v) is 5.73. The number of piperidine rings is 1. The molecule has 2 aliphatic rings. The fraction of sp³-hybridized carbons (Fsp3) is 0.667. The van der Waals surface area contributed by atoms with Crippen LogP contribution in [0.1, 0.15) is 44.2 Å². The summed E-state index contributed by atoms with van der Waals surface area (Å²) in [5.74, 6) is 1.18. The average molecular weight is 246 g/mol. The van der Waals surface area contributed by atoms with Crippen LogP contribution in [0.2, 0.25) is 0 Å². The zero-order valence-corrected chi connectivity index (χ0v) is 10.9. The highest BCUT2D eigenvalue weighted by Gasteiger charge is 2.32. The maximum atomic E-state index is 9.27. The molecule has 0 radical (unpaired) electrons. The lowest BCUT2D eigenvalue weighted by molar-refractivity contribution is 0.0537.